The number of nitrogens with two attached hydrogens (primary N) is 2. The van der Waals surface area contributed by atoms with Gasteiger partial charge < -0.3 is 11.5 Å². The van der Waals surface area contributed by atoms with Gasteiger partial charge in [0.05, 0.1) is 0 Å². The number of rotatable bonds is 1. The summed E-state index contributed by atoms with van der Waals surface area (Å²) in [6, 6.07) is 7.88. The molecule has 18 heavy (non-hydrogen) atoms. The molecule has 0 saturated carbocycles. The number of hydrogen-bond donors (Lipinski definition) is 2. The lowest BCUT2D eigenvalue weighted by atomic mass is 9.88. The molecule has 0 radical (unpaired) electrons. The Balaban J connectivity index is 2.16. The minimum absolute atomic E-state index is 0.422. The molecule has 3 rings (SSSR count). The second kappa shape index (κ2) is 4.29. The lowest BCUT2D eigenvalue weighted by Crippen LogP contribution is -2.07. The van der Waals surface area contributed by atoms with Gasteiger partial charge in [-0.1, -0.05) is 18.2 Å². The van der Waals surface area contributed by atoms with Crippen molar-refractivity contribution in [2.45, 2.75) is 25.7 Å². The first-order valence-electron chi connectivity index (χ1n) is 6.25. The molecule has 0 amide bonds. The lowest BCUT2D eigenvalue weighted by molar-refractivity contribution is 0.686. The molecule has 4 nitrogen and oxygen atoms in total. The largest absolute Gasteiger partial charge is 0.384 e. The molecule has 0 unspecified atom stereocenters. The Bertz CT molecular complexity index is 572. The van der Waals surface area contributed by atoms with Gasteiger partial charge in [0.2, 0.25) is 0 Å². The summed E-state index contributed by atoms with van der Waals surface area (Å²) in [5.41, 5.74) is 15.3. The van der Waals surface area contributed by atoms with E-state index in [0.29, 0.717) is 17.5 Å². The van der Waals surface area contributed by atoms with Crippen molar-refractivity contribution < 1.29 is 0 Å². The molecule has 4 N–H and O–H groups in total. The molecule has 1 heterocycles. The molecule has 92 valence electrons. The number of nitrogen functional groups attached to an aromatic ring is 2. The normalized spacial score (nSPS) is 14.2. The average Bonchev–Trinajstić information content (AvgIpc) is 2.37. The Morgan fingerprint density at radius 1 is 0.944 bits per heavy atom. The number of nitrogens with zero attached hydrogens (tertiary/aromatic N) is 2. The van der Waals surface area contributed by atoms with Gasteiger partial charge in [0.1, 0.15) is 11.6 Å². The van der Waals surface area contributed by atoms with E-state index < -0.39 is 0 Å². The molecule has 0 atom stereocenters. The van der Waals surface area contributed by atoms with Crippen LogP contribution < -0.4 is 11.5 Å². The Kier molecular flexibility index (Phi) is 2.63. The van der Waals surface area contributed by atoms with Crippen LogP contribution in [-0.4, -0.2) is 9.97 Å². The van der Waals surface area contributed by atoms with Crippen LogP contribution in [0.1, 0.15) is 24.0 Å². The summed E-state index contributed by atoms with van der Waals surface area (Å²) in [4.78, 5) is 8.60. The van der Waals surface area contributed by atoms with Crippen LogP contribution in [0.25, 0.3) is 11.4 Å². The summed E-state index contributed by atoms with van der Waals surface area (Å²) in [5, 5.41) is 0. The van der Waals surface area contributed by atoms with Crippen LogP contribution in [-0.2, 0) is 12.8 Å². The van der Waals surface area contributed by atoms with Crippen LogP contribution >= 0.6 is 0 Å². The fourth-order valence-corrected chi connectivity index (χ4v) is 2.60. The second-order valence-electron chi connectivity index (χ2n) is 4.69. The van der Waals surface area contributed by atoms with Gasteiger partial charge >= 0.3 is 0 Å². The minimum atomic E-state index is 0.422. The molecule has 2 aromatic rings. The average molecular weight is 240 g/mol. The summed E-state index contributed by atoms with van der Waals surface area (Å²) in [6.07, 6.45) is 4.71. The van der Waals surface area contributed by atoms with Crippen molar-refractivity contribution in [3.8, 4) is 11.4 Å². The summed E-state index contributed by atoms with van der Waals surface area (Å²) in [6.45, 7) is 0. The molecule has 0 spiro atoms. The Labute approximate surface area is 106 Å². The third kappa shape index (κ3) is 1.90. The van der Waals surface area contributed by atoms with Gasteiger partial charge in [0.15, 0.2) is 5.82 Å². The predicted molar refractivity (Wildman–Crippen MR) is 72.9 cm³/mol. The molecule has 1 aromatic carbocycles. The second-order valence-corrected chi connectivity index (χ2v) is 4.69. The molecule has 1 aliphatic rings. The van der Waals surface area contributed by atoms with Crippen molar-refractivity contribution in [2.75, 3.05) is 11.5 Å². The molecule has 0 fully saturated rings. The van der Waals surface area contributed by atoms with Gasteiger partial charge in [0, 0.05) is 11.6 Å². The zero-order valence-electron chi connectivity index (χ0n) is 10.2. The van der Waals surface area contributed by atoms with Crippen LogP contribution in [0, 0.1) is 0 Å². The van der Waals surface area contributed by atoms with Gasteiger partial charge in [-0.3, -0.25) is 0 Å². The topological polar surface area (TPSA) is 77.8 Å². The van der Waals surface area contributed by atoms with Crippen molar-refractivity contribution in [3.63, 3.8) is 0 Å². The number of benzene rings is 1. The predicted octanol–water partition coefficient (Wildman–Crippen LogP) is 2.19. The van der Waals surface area contributed by atoms with Crippen LogP contribution in [0.15, 0.2) is 24.3 Å². The quantitative estimate of drug-likeness (QED) is 0.801. The first-order valence-corrected chi connectivity index (χ1v) is 6.25. The molecule has 0 bridgehead atoms. The fourth-order valence-electron chi connectivity index (χ4n) is 2.60. The Hall–Kier alpha value is -2.10. The maximum Gasteiger partial charge on any atom is 0.164 e. The van der Waals surface area contributed by atoms with E-state index in [9.17, 15) is 0 Å². The summed E-state index contributed by atoms with van der Waals surface area (Å²) < 4.78 is 0. The van der Waals surface area contributed by atoms with Crippen molar-refractivity contribution >= 4 is 11.6 Å². The highest BCUT2D eigenvalue weighted by Crippen LogP contribution is 2.30. The Morgan fingerprint density at radius 3 is 2.44 bits per heavy atom. The first kappa shape index (κ1) is 11.0. The molecular weight excluding hydrogens is 224 g/mol. The summed E-state index contributed by atoms with van der Waals surface area (Å²) in [5.74, 6) is 1.49. The van der Waals surface area contributed by atoms with Crippen molar-refractivity contribution in [3.05, 3.63) is 35.4 Å². The van der Waals surface area contributed by atoms with E-state index in [0.717, 1.165) is 18.4 Å². The fraction of sp³-hybridized carbons (Fsp3) is 0.286. The SMILES string of the molecule is Nc1cc(N)nc(-c2cccc3c2CCCC3)n1. The molecule has 1 aliphatic carbocycles. The zero-order chi connectivity index (χ0) is 12.5. The summed E-state index contributed by atoms with van der Waals surface area (Å²) in [7, 11) is 0. The van der Waals surface area contributed by atoms with E-state index in [-0.39, 0.29) is 0 Å². The highest BCUT2D eigenvalue weighted by molar-refractivity contribution is 5.65. The van der Waals surface area contributed by atoms with Crippen LogP contribution in [0.5, 0.6) is 0 Å². The highest BCUT2D eigenvalue weighted by Gasteiger charge is 2.15. The van der Waals surface area contributed by atoms with Crippen LogP contribution in [0.4, 0.5) is 11.6 Å². The van der Waals surface area contributed by atoms with Crippen molar-refractivity contribution in [1.82, 2.24) is 9.97 Å². The molecule has 0 saturated heterocycles. The monoisotopic (exact) mass is 240 g/mol. The zero-order valence-corrected chi connectivity index (χ0v) is 10.2. The van der Waals surface area contributed by atoms with E-state index in [1.54, 1.807) is 6.07 Å². The standard InChI is InChI=1S/C14H16N4/c15-12-8-13(16)18-14(17-12)11-7-3-5-9-4-1-2-6-10(9)11/h3,5,7-8H,1-2,4,6H2,(H4,15,16,17,18). The molecule has 0 aliphatic heterocycles. The van der Waals surface area contributed by atoms with Crippen molar-refractivity contribution in [2.24, 2.45) is 0 Å². The Morgan fingerprint density at radius 2 is 1.67 bits per heavy atom. The van der Waals surface area contributed by atoms with E-state index in [2.05, 4.69) is 28.2 Å². The number of aryl methyl sites for hydroxylation is 1. The third-order valence-corrected chi connectivity index (χ3v) is 3.40. The first-order chi connectivity index (χ1) is 8.74. The van der Waals surface area contributed by atoms with E-state index in [1.165, 1.54) is 24.0 Å². The number of fused-ring (bicyclic) bond motifs is 1. The summed E-state index contributed by atoms with van der Waals surface area (Å²) >= 11 is 0. The van der Waals surface area contributed by atoms with Gasteiger partial charge in [-0.15, -0.1) is 0 Å². The molecule has 1 aromatic heterocycles. The molecular formula is C14H16N4. The van der Waals surface area contributed by atoms with Crippen LogP contribution in [0.2, 0.25) is 0 Å². The maximum absolute atomic E-state index is 5.74. The van der Waals surface area contributed by atoms with Gasteiger partial charge in [-0.2, -0.15) is 0 Å². The number of aromatic nitrogens is 2. The smallest absolute Gasteiger partial charge is 0.164 e. The van der Waals surface area contributed by atoms with Gasteiger partial charge in [-0.05, 0) is 36.8 Å². The van der Waals surface area contributed by atoms with Gasteiger partial charge in [-0.25, -0.2) is 9.97 Å². The van der Waals surface area contributed by atoms with Crippen LogP contribution in [0.3, 0.4) is 0 Å². The number of hydrogen-bond acceptors (Lipinski definition) is 4. The van der Waals surface area contributed by atoms with E-state index in [4.69, 9.17) is 11.5 Å². The number of anilines is 2. The van der Waals surface area contributed by atoms with Gasteiger partial charge in [0.25, 0.3) is 0 Å². The molecule has 4 heteroatoms. The third-order valence-electron chi connectivity index (χ3n) is 3.40. The highest BCUT2D eigenvalue weighted by atomic mass is 15.0. The van der Waals surface area contributed by atoms with E-state index >= 15 is 0 Å². The maximum atomic E-state index is 5.74. The van der Waals surface area contributed by atoms with Crippen molar-refractivity contribution in [1.29, 1.82) is 0 Å². The minimum Gasteiger partial charge on any atom is -0.384 e. The lowest BCUT2D eigenvalue weighted by Gasteiger charge is -2.18. The van der Waals surface area contributed by atoms with E-state index in [1.807, 2.05) is 0 Å².